The smallest absolute Gasteiger partial charge is 0.261 e. The molecule has 0 bridgehead atoms. The maximum absolute atomic E-state index is 13.6. The Balaban J connectivity index is 1.94. The van der Waals surface area contributed by atoms with Crippen molar-refractivity contribution in [2.75, 3.05) is 6.61 Å². The van der Waals surface area contributed by atoms with E-state index in [1.807, 2.05) is 63.2 Å². The van der Waals surface area contributed by atoms with E-state index in [2.05, 4.69) is 21.2 Å². The molecule has 0 fully saturated rings. The van der Waals surface area contributed by atoms with Gasteiger partial charge in [0.15, 0.2) is 6.61 Å². The van der Waals surface area contributed by atoms with E-state index in [0.717, 1.165) is 11.1 Å². The van der Waals surface area contributed by atoms with E-state index in [4.69, 9.17) is 27.9 Å². The van der Waals surface area contributed by atoms with Crippen molar-refractivity contribution in [3.05, 3.63) is 98.4 Å². The first-order chi connectivity index (χ1) is 17.0. The van der Waals surface area contributed by atoms with E-state index in [1.54, 1.807) is 35.2 Å². The SMILES string of the molecule is CC(C)(C)NC(=O)C(Cc1ccccc1)N(Cc1cccc(Cl)c1)C(=O)COc1ccc(Cl)cc1Br. The van der Waals surface area contributed by atoms with Crippen LogP contribution in [0.3, 0.4) is 0 Å². The summed E-state index contributed by atoms with van der Waals surface area (Å²) in [6.45, 7) is 5.67. The standard InChI is InChI=1S/C28H29BrCl2N2O3/c1-28(2,3)32-27(35)24(15-19-8-5-4-6-9-19)33(17-20-10-7-11-21(30)14-20)26(34)18-36-25-13-12-22(31)16-23(25)29/h4-14,16,24H,15,17-18H2,1-3H3,(H,32,35). The molecule has 3 aromatic carbocycles. The molecular weight excluding hydrogens is 563 g/mol. The first-order valence-electron chi connectivity index (χ1n) is 11.5. The number of hydrogen-bond donors (Lipinski definition) is 1. The van der Waals surface area contributed by atoms with Crippen molar-refractivity contribution in [1.82, 2.24) is 10.2 Å². The van der Waals surface area contributed by atoms with E-state index < -0.39 is 11.6 Å². The van der Waals surface area contributed by atoms with Crippen molar-refractivity contribution in [3.8, 4) is 5.75 Å². The van der Waals surface area contributed by atoms with Gasteiger partial charge in [0.2, 0.25) is 5.91 Å². The maximum Gasteiger partial charge on any atom is 0.261 e. The Hall–Kier alpha value is -2.54. The quantitative estimate of drug-likeness (QED) is 0.302. The summed E-state index contributed by atoms with van der Waals surface area (Å²) in [6, 6.07) is 21.2. The number of nitrogens with one attached hydrogen (secondary N) is 1. The van der Waals surface area contributed by atoms with Crippen LogP contribution in [0.5, 0.6) is 5.75 Å². The van der Waals surface area contributed by atoms with Gasteiger partial charge in [-0.15, -0.1) is 0 Å². The summed E-state index contributed by atoms with van der Waals surface area (Å²) in [4.78, 5) is 28.7. The molecule has 0 aliphatic heterocycles. The fourth-order valence-electron chi connectivity index (χ4n) is 3.65. The minimum atomic E-state index is -0.768. The summed E-state index contributed by atoms with van der Waals surface area (Å²) >= 11 is 15.7. The van der Waals surface area contributed by atoms with E-state index >= 15 is 0 Å². The summed E-state index contributed by atoms with van der Waals surface area (Å²) in [5.41, 5.74) is 1.28. The van der Waals surface area contributed by atoms with Gasteiger partial charge in [-0.1, -0.05) is 65.7 Å². The summed E-state index contributed by atoms with van der Waals surface area (Å²) < 4.78 is 6.46. The number of carbonyl (C=O) groups is 2. The van der Waals surface area contributed by atoms with E-state index in [-0.39, 0.29) is 25.0 Å². The number of hydrogen-bond acceptors (Lipinski definition) is 3. The molecule has 1 unspecified atom stereocenters. The molecule has 0 heterocycles. The second-order valence-electron chi connectivity index (χ2n) is 9.46. The molecule has 1 N–H and O–H groups in total. The van der Waals surface area contributed by atoms with E-state index in [9.17, 15) is 9.59 Å². The maximum atomic E-state index is 13.6. The number of ether oxygens (including phenoxy) is 1. The van der Waals surface area contributed by atoms with Gasteiger partial charge in [0.25, 0.3) is 5.91 Å². The van der Waals surface area contributed by atoms with Gasteiger partial charge >= 0.3 is 0 Å². The van der Waals surface area contributed by atoms with Crippen molar-refractivity contribution < 1.29 is 14.3 Å². The van der Waals surface area contributed by atoms with Gasteiger partial charge in [-0.05, 0) is 78.2 Å². The molecule has 0 aromatic heterocycles. The lowest BCUT2D eigenvalue weighted by Gasteiger charge is -2.33. The molecule has 1 atom stereocenters. The van der Waals surface area contributed by atoms with Crippen molar-refractivity contribution in [3.63, 3.8) is 0 Å². The molecular formula is C28H29BrCl2N2O3. The van der Waals surface area contributed by atoms with Gasteiger partial charge in [0, 0.05) is 28.5 Å². The van der Waals surface area contributed by atoms with E-state index in [0.29, 0.717) is 26.7 Å². The minimum absolute atomic E-state index is 0.194. The minimum Gasteiger partial charge on any atom is -0.483 e. The summed E-state index contributed by atoms with van der Waals surface area (Å²) in [6.07, 6.45) is 0.347. The van der Waals surface area contributed by atoms with Crippen LogP contribution >= 0.6 is 39.1 Å². The number of carbonyl (C=O) groups excluding carboxylic acids is 2. The average Bonchev–Trinajstić information content (AvgIpc) is 2.80. The molecule has 190 valence electrons. The number of amides is 2. The van der Waals surface area contributed by atoms with Crippen molar-refractivity contribution in [1.29, 1.82) is 0 Å². The molecule has 0 saturated heterocycles. The second kappa shape index (κ2) is 12.6. The molecule has 0 aliphatic carbocycles. The first-order valence-corrected chi connectivity index (χ1v) is 13.0. The van der Waals surface area contributed by atoms with Crippen LogP contribution < -0.4 is 10.1 Å². The summed E-state index contributed by atoms with van der Waals surface area (Å²) in [5.74, 6) is -0.0922. The number of benzene rings is 3. The molecule has 8 heteroatoms. The van der Waals surface area contributed by atoms with Gasteiger partial charge in [0.1, 0.15) is 11.8 Å². The Labute approximate surface area is 230 Å². The Morgan fingerprint density at radius 3 is 2.25 bits per heavy atom. The molecule has 36 heavy (non-hydrogen) atoms. The monoisotopic (exact) mass is 590 g/mol. The van der Waals surface area contributed by atoms with Crippen LogP contribution in [0.4, 0.5) is 0 Å². The van der Waals surface area contributed by atoms with Crippen molar-refractivity contribution >= 4 is 50.9 Å². The Bertz CT molecular complexity index is 1200. The molecule has 0 spiro atoms. The highest BCUT2D eigenvalue weighted by atomic mass is 79.9. The highest BCUT2D eigenvalue weighted by Gasteiger charge is 2.32. The van der Waals surface area contributed by atoms with Crippen LogP contribution in [0.15, 0.2) is 77.3 Å². The van der Waals surface area contributed by atoms with Crippen LogP contribution in [0.25, 0.3) is 0 Å². The lowest BCUT2D eigenvalue weighted by molar-refractivity contribution is -0.143. The fraction of sp³-hybridized carbons (Fsp3) is 0.286. The topological polar surface area (TPSA) is 58.6 Å². The lowest BCUT2D eigenvalue weighted by Crippen LogP contribution is -2.55. The fourth-order valence-corrected chi connectivity index (χ4v) is 4.66. The predicted molar refractivity (Wildman–Crippen MR) is 148 cm³/mol. The molecule has 0 aliphatic rings. The molecule has 2 amide bonds. The van der Waals surface area contributed by atoms with Crippen molar-refractivity contribution in [2.45, 2.75) is 45.3 Å². The summed E-state index contributed by atoms with van der Waals surface area (Å²) in [7, 11) is 0. The van der Waals surface area contributed by atoms with Crippen LogP contribution in [0.2, 0.25) is 10.0 Å². The van der Waals surface area contributed by atoms with Gasteiger partial charge < -0.3 is 15.0 Å². The van der Waals surface area contributed by atoms with Gasteiger partial charge in [-0.3, -0.25) is 9.59 Å². The van der Waals surface area contributed by atoms with Crippen LogP contribution in [0, 0.1) is 0 Å². The van der Waals surface area contributed by atoms with E-state index in [1.165, 1.54) is 0 Å². The van der Waals surface area contributed by atoms with Crippen molar-refractivity contribution in [2.24, 2.45) is 0 Å². The zero-order valence-electron chi connectivity index (χ0n) is 20.4. The largest absolute Gasteiger partial charge is 0.483 e. The summed E-state index contributed by atoms with van der Waals surface area (Å²) in [5, 5.41) is 4.14. The molecule has 3 rings (SSSR count). The third-order valence-electron chi connectivity index (χ3n) is 5.26. The molecule has 0 radical (unpaired) electrons. The highest BCUT2D eigenvalue weighted by Crippen LogP contribution is 2.28. The zero-order chi connectivity index (χ0) is 26.3. The van der Waals surface area contributed by atoms with Crippen LogP contribution in [0.1, 0.15) is 31.9 Å². The Morgan fingerprint density at radius 2 is 1.61 bits per heavy atom. The van der Waals surface area contributed by atoms with Gasteiger partial charge in [-0.25, -0.2) is 0 Å². The molecule has 3 aromatic rings. The third-order valence-corrected chi connectivity index (χ3v) is 6.35. The Morgan fingerprint density at radius 1 is 0.944 bits per heavy atom. The van der Waals surface area contributed by atoms with Crippen LogP contribution in [-0.2, 0) is 22.6 Å². The number of nitrogens with zero attached hydrogens (tertiary/aromatic N) is 1. The zero-order valence-corrected chi connectivity index (χ0v) is 23.5. The van der Waals surface area contributed by atoms with Gasteiger partial charge in [0.05, 0.1) is 4.47 Å². The third kappa shape index (κ3) is 8.54. The molecule has 5 nitrogen and oxygen atoms in total. The number of halogens is 3. The highest BCUT2D eigenvalue weighted by molar-refractivity contribution is 9.10. The van der Waals surface area contributed by atoms with Crippen LogP contribution in [-0.4, -0.2) is 34.9 Å². The normalized spacial score (nSPS) is 12.1. The predicted octanol–water partition coefficient (Wildman–Crippen LogP) is 6.69. The Kier molecular flexibility index (Phi) is 9.83. The first kappa shape index (κ1) is 28.0. The average molecular weight is 592 g/mol. The number of rotatable bonds is 9. The lowest BCUT2D eigenvalue weighted by atomic mass is 10.0. The van der Waals surface area contributed by atoms with Gasteiger partial charge in [-0.2, -0.15) is 0 Å². The molecule has 0 saturated carbocycles. The second-order valence-corrected chi connectivity index (χ2v) is 11.2.